The summed E-state index contributed by atoms with van der Waals surface area (Å²) < 4.78 is 4.85. The fourth-order valence-electron chi connectivity index (χ4n) is 6.25. The van der Waals surface area contributed by atoms with Crippen LogP contribution in [0.1, 0.15) is 0 Å². The van der Waals surface area contributed by atoms with Gasteiger partial charge in [-0.05, 0) is 35.0 Å². The van der Waals surface area contributed by atoms with Crippen molar-refractivity contribution in [2.24, 2.45) is 0 Å². The van der Waals surface area contributed by atoms with Crippen LogP contribution in [0.25, 0.3) is 81.8 Å². The van der Waals surface area contributed by atoms with E-state index < -0.39 is 0 Å². The number of rotatable bonds is 4. The van der Waals surface area contributed by atoms with Crippen LogP contribution >= 0.6 is 11.3 Å². The summed E-state index contributed by atoms with van der Waals surface area (Å²) in [5, 5.41) is 4.97. The van der Waals surface area contributed by atoms with Gasteiger partial charge in [0.15, 0.2) is 17.5 Å². The molecule has 0 radical (unpaired) electrons. The monoisotopic (exact) mass is 580 g/mol. The SMILES string of the molecule is c1ccc(-c2nc(-c3ccccc3)nc(-c3cccc4c3sc3c5c6ccccc6ccc5n(-c5ccccc5)c43)n2)cc1. The molecule has 0 aliphatic carbocycles. The summed E-state index contributed by atoms with van der Waals surface area (Å²) in [6, 6.07) is 50.6. The zero-order valence-electron chi connectivity index (χ0n) is 23.6. The highest BCUT2D eigenvalue weighted by molar-refractivity contribution is 7.27. The number of thiophene rings is 1. The van der Waals surface area contributed by atoms with E-state index in [0.29, 0.717) is 17.5 Å². The van der Waals surface area contributed by atoms with Crippen LogP contribution in [0.15, 0.2) is 146 Å². The molecule has 206 valence electrons. The number of para-hydroxylation sites is 1. The molecular formula is C39H24N4S. The van der Waals surface area contributed by atoms with Crippen molar-refractivity contribution in [3.8, 4) is 39.9 Å². The minimum atomic E-state index is 0.665. The first-order chi connectivity index (χ1) is 21.8. The van der Waals surface area contributed by atoms with Gasteiger partial charge in [0, 0.05) is 37.9 Å². The van der Waals surface area contributed by atoms with Crippen molar-refractivity contribution in [2.75, 3.05) is 0 Å². The number of fused-ring (bicyclic) bond motifs is 7. The van der Waals surface area contributed by atoms with E-state index in [0.717, 1.165) is 22.4 Å². The average Bonchev–Trinajstić information content (AvgIpc) is 3.64. The van der Waals surface area contributed by atoms with Gasteiger partial charge in [-0.1, -0.05) is 121 Å². The molecule has 3 aromatic heterocycles. The van der Waals surface area contributed by atoms with Gasteiger partial charge in [0.2, 0.25) is 0 Å². The van der Waals surface area contributed by atoms with Crippen LogP contribution in [0, 0.1) is 0 Å². The van der Waals surface area contributed by atoms with E-state index in [9.17, 15) is 0 Å². The lowest BCUT2D eigenvalue weighted by molar-refractivity contribution is 1.08. The van der Waals surface area contributed by atoms with Gasteiger partial charge in [-0.25, -0.2) is 15.0 Å². The van der Waals surface area contributed by atoms with Crippen LogP contribution in [-0.4, -0.2) is 19.5 Å². The zero-order chi connectivity index (χ0) is 29.0. The highest BCUT2D eigenvalue weighted by atomic mass is 32.1. The Morgan fingerprint density at radius 3 is 1.75 bits per heavy atom. The van der Waals surface area contributed by atoms with E-state index in [2.05, 4.69) is 89.5 Å². The first-order valence-electron chi connectivity index (χ1n) is 14.6. The second-order valence-corrected chi connectivity index (χ2v) is 11.9. The van der Waals surface area contributed by atoms with Crippen molar-refractivity contribution in [2.45, 2.75) is 0 Å². The number of aromatic nitrogens is 4. The Morgan fingerprint density at radius 1 is 0.455 bits per heavy atom. The van der Waals surface area contributed by atoms with Gasteiger partial charge in [0.25, 0.3) is 0 Å². The highest BCUT2D eigenvalue weighted by Crippen LogP contribution is 2.47. The zero-order valence-corrected chi connectivity index (χ0v) is 24.4. The average molecular weight is 581 g/mol. The molecule has 0 fully saturated rings. The lowest BCUT2D eigenvalue weighted by Crippen LogP contribution is -2.00. The lowest BCUT2D eigenvalue weighted by atomic mass is 10.1. The van der Waals surface area contributed by atoms with Crippen molar-refractivity contribution < 1.29 is 0 Å². The molecule has 0 unspecified atom stereocenters. The fraction of sp³-hybridized carbons (Fsp3) is 0. The summed E-state index contributed by atoms with van der Waals surface area (Å²) in [5.41, 5.74) is 6.50. The first-order valence-corrected chi connectivity index (χ1v) is 15.5. The molecule has 0 saturated carbocycles. The van der Waals surface area contributed by atoms with Gasteiger partial charge in [-0.2, -0.15) is 0 Å². The molecular weight excluding hydrogens is 557 g/mol. The second kappa shape index (κ2) is 9.97. The van der Waals surface area contributed by atoms with E-state index in [1.54, 1.807) is 0 Å². The molecule has 5 heteroatoms. The third-order valence-corrected chi connectivity index (χ3v) is 9.49. The fourth-order valence-corrected chi connectivity index (χ4v) is 7.62. The number of nitrogens with zero attached hydrogens (tertiary/aromatic N) is 4. The summed E-state index contributed by atoms with van der Waals surface area (Å²) in [6.07, 6.45) is 0. The summed E-state index contributed by atoms with van der Waals surface area (Å²) in [5.74, 6) is 2.00. The Labute approximate surface area is 257 Å². The topological polar surface area (TPSA) is 43.6 Å². The van der Waals surface area contributed by atoms with Crippen LogP contribution in [-0.2, 0) is 0 Å². The van der Waals surface area contributed by atoms with Gasteiger partial charge in [0.1, 0.15) is 0 Å². The summed E-state index contributed by atoms with van der Waals surface area (Å²) in [4.78, 5) is 15.1. The molecule has 0 atom stereocenters. The lowest BCUT2D eigenvalue weighted by Gasteiger charge is -2.10. The second-order valence-electron chi connectivity index (χ2n) is 10.9. The Kier molecular flexibility index (Phi) is 5.64. The van der Waals surface area contributed by atoms with Crippen LogP contribution in [0.3, 0.4) is 0 Å². The molecule has 3 heterocycles. The molecule has 4 nitrogen and oxygen atoms in total. The minimum Gasteiger partial charge on any atom is -0.308 e. The van der Waals surface area contributed by atoms with Crippen molar-refractivity contribution in [3.05, 3.63) is 146 Å². The Morgan fingerprint density at radius 2 is 1.05 bits per heavy atom. The van der Waals surface area contributed by atoms with E-state index in [-0.39, 0.29) is 0 Å². The largest absolute Gasteiger partial charge is 0.308 e. The van der Waals surface area contributed by atoms with Gasteiger partial charge < -0.3 is 4.57 Å². The molecule has 0 spiro atoms. The normalized spacial score (nSPS) is 11.6. The Bertz CT molecular complexity index is 2420. The predicted octanol–water partition coefficient (Wildman–Crippen LogP) is 10.3. The summed E-state index contributed by atoms with van der Waals surface area (Å²) in [6.45, 7) is 0. The van der Waals surface area contributed by atoms with Crippen LogP contribution in [0.2, 0.25) is 0 Å². The maximum atomic E-state index is 5.07. The first kappa shape index (κ1) is 24.9. The van der Waals surface area contributed by atoms with Crippen molar-refractivity contribution in [1.82, 2.24) is 19.5 Å². The Balaban J connectivity index is 1.38. The quantitative estimate of drug-likeness (QED) is 0.208. The summed E-state index contributed by atoms with van der Waals surface area (Å²) >= 11 is 1.83. The van der Waals surface area contributed by atoms with E-state index in [4.69, 9.17) is 15.0 Å². The van der Waals surface area contributed by atoms with Crippen LogP contribution in [0.4, 0.5) is 0 Å². The van der Waals surface area contributed by atoms with E-state index in [1.807, 2.05) is 72.0 Å². The molecule has 6 aromatic carbocycles. The maximum Gasteiger partial charge on any atom is 0.165 e. The van der Waals surface area contributed by atoms with Crippen molar-refractivity contribution in [3.63, 3.8) is 0 Å². The van der Waals surface area contributed by atoms with E-state index >= 15 is 0 Å². The number of hydrogen-bond donors (Lipinski definition) is 0. The maximum absolute atomic E-state index is 5.07. The molecule has 0 bridgehead atoms. The smallest absolute Gasteiger partial charge is 0.165 e. The van der Waals surface area contributed by atoms with Crippen LogP contribution < -0.4 is 0 Å². The molecule has 0 aliphatic rings. The van der Waals surface area contributed by atoms with E-state index in [1.165, 1.54) is 42.0 Å². The third kappa shape index (κ3) is 3.87. The third-order valence-electron chi connectivity index (χ3n) is 8.24. The highest BCUT2D eigenvalue weighted by Gasteiger charge is 2.22. The van der Waals surface area contributed by atoms with Crippen molar-refractivity contribution in [1.29, 1.82) is 0 Å². The molecule has 44 heavy (non-hydrogen) atoms. The molecule has 0 aliphatic heterocycles. The standard InChI is InChI=1S/C39H24N4S/c1-4-14-26(15-5-1)37-40-38(27-16-6-2-7-17-27)42-39(41-37)31-22-12-21-30-34-36(44-35(30)31)33-29-20-11-10-13-25(29)23-24-32(33)43(34)28-18-8-3-9-19-28/h1-24H. The number of benzene rings is 6. The molecule has 0 amide bonds. The molecule has 9 rings (SSSR count). The Hall–Kier alpha value is -5.65. The molecule has 9 aromatic rings. The van der Waals surface area contributed by atoms with Gasteiger partial charge in [0.05, 0.1) is 15.7 Å². The van der Waals surface area contributed by atoms with Crippen LogP contribution in [0.5, 0.6) is 0 Å². The van der Waals surface area contributed by atoms with Crippen molar-refractivity contribution >= 4 is 53.3 Å². The molecule has 0 N–H and O–H groups in total. The van der Waals surface area contributed by atoms with Gasteiger partial charge in [-0.3, -0.25) is 0 Å². The minimum absolute atomic E-state index is 0.665. The molecule has 0 saturated heterocycles. The summed E-state index contributed by atoms with van der Waals surface area (Å²) in [7, 11) is 0. The van der Waals surface area contributed by atoms with Gasteiger partial charge in [-0.15, -0.1) is 11.3 Å². The van der Waals surface area contributed by atoms with Gasteiger partial charge >= 0.3 is 0 Å². The predicted molar refractivity (Wildman–Crippen MR) is 183 cm³/mol. The number of hydrogen-bond acceptors (Lipinski definition) is 4.